The van der Waals surface area contributed by atoms with Gasteiger partial charge in [0.15, 0.2) is 0 Å². The van der Waals surface area contributed by atoms with Gasteiger partial charge in [-0.25, -0.2) is 9.97 Å². The van der Waals surface area contributed by atoms with Gasteiger partial charge < -0.3 is 9.64 Å². The quantitative estimate of drug-likeness (QED) is 0.806. The molecule has 1 aromatic heterocycles. The average Bonchev–Trinajstić information content (AvgIpc) is 2.46. The van der Waals surface area contributed by atoms with Crippen molar-refractivity contribution in [1.82, 2.24) is 9.97 Å². The van der Waals surface area contributed by atoms with Crippen molar-refractivity contribution in [3.63, 3.8) is 0 Å². The zero-order valence-electron chi connectivity index (χ0n) is 10.7. The van der Waals surface area contributed by atoms with E-state index in [4.69, 9.17) is 4.74 Å². The first-order chi connectivity index (χ1) is 8.79. The molecular formula is C14H17N3O. The van der Waals surface area contributed by atoms with Crippen molar-refractivity contribution < 1.29 is 4.74 Å². The maximum absolute atomic E-state index is 5.13. The van der Waals surface area contributed by atoms with E-state index in [0.717, 1.165) is 24.7 Å². The maximum Gasteiger partial charge on any atom is 0.224 e. The second-order valence-corrected chi connectivity index (χ2v) is 4.07. The Hall–Kier alpha value is -2.10. The summed E-state index contributed by atoms with van der Waals surface area (Å²) in [6, 6.07) is 9.95. The lowest BCUT2D eigenvalue weighted by Crippen LogP contribution is -2.22. The predicted molar refractivity (Wildman–Crippen MR) is 72.0 cm³/mol. The Balaban J connectivity index is 1.91. The first-order valence-corrected chi connectivity index (χ1v) is 5.90. The van der Waals surface area contributed by atoms with E-state index in [1.165, 1.54) is 5.56 Å². The van der Waals surface area contributed by atoms with E-state index in [9.17, 15) is 0 Å². The summed E-state index contributed by atoms with van der Waals surface area (Å²) in [7, 11) is 3.67. The van der Waals surface area contributed by atoms with Crippen LogP contribution in [-0.4, -0.2) is 30.7 Å². The van der Waals surface area contributed by atoms with Crippen molar-refractivity contribution >= 4 is 5.95 Å². The fourth-order valence-electron chi connectivity index (χ4n) is 1.68. The van der Waals surface area contributed by atoms with Crippen molar-refractivity contribution in [3.8, 4) is 5.75 Å². The minimum atomic E-state index is 0.756. The van der Waals surface area contributed by atoms with Crippen LogP contribution in [0.1, 0.15) is 5.56 Å². The Morgan fingerprint density at radius 3 is 2.39 bits per heavy atom. The molecule has 4 heteroatoms. The summed E-state index contributed by atoms with van der Waals surface area (Å²) in [6.07, 6.45) is 4.47. The van der Waals surface area contributed by atoms with Crippen LogP contribution in [0.15, 0.2) is 42.7 Å². The largest absolute Gasteiger partial charge is 0.497 e. The van der Waals surface area contributed by atoms with Crippen LogP contribution >= 0.6 is 0 Å². The van der Waals surface area contributed by atoms with Gasteiger partial charge in [-0.05, 0) is 30.2 Å². The second-order valence-electron chi connectivity index (χ2n) is 4.07. The molecule has 2 aromatic rings. The normalized spacial score (nSPS) is 10.1. The maximum atomic E-state index is 5.13. The summed E-state index contributed by atoms with van der Waals surface area (Å²) in [4.78, 5) is 10.5. The highest BCUT2D eigenvalue weighted by Gasteiger charge is 2.03. The number of hydrogen-bond acceptors (Lipinski definition) is 4. The number of ether oxygens (including phenoxy) is 1. The summed E-state index contributed by atoms with van der Waals surface area (Å²) in [6.45, 7) is 0.885. The third-order valence-electron chi connectivity index (χ3n) is 2.79. The van der Waals surface area contributed by atoms with Gasteiger partial charge in [0.25, 0.3) is 0 Å². The average molecular weight is 243 g/mol. The first-order valence-electron chi connectivity index (χ1n) is 5.90. The summed E-state index contributed by atoms with van der Waals surface area (Å²) in [5, 5.41) is 0. The number of rotatable bonds is 5. The highest BCUT2D eigenvalue weighted by Crippen LogP contribution is 2.12. The number of methoxy groups -OCH3 is 1. The van der Waals surface area contributed by atoms with E-state index >= 15 is 0 Å². The third-order valence-corrected chi connectivity index (χ3v) is 2.79. The lowest BCUT2D eigenvalue weighted by Gasteiger charge is -2.16. The molecule has 94 valence electrons. The van der Waals surface area contributed by atoms with Crippen LogP contribution in [0.5, 0.6) is 5.75 Å². The van der Waals surface area contributed by atoms with Gasteiger partial charge in [-0.2, -0.15) is 0 Å². The van der Waals surface area contributed by atoms with Crippen LogP contribution < -0.4 is 9.64 Å². The number of anilines is 1. The van der Waals surface area contributed by atoms with Gasteiger partial charge in [-0.3, -0.25) is 0 Å². The third kappa shape index (κ3) is 3.20. The van der Waals surface area contributed by atoms with E-state index < -0.39 is 0 Å². The minimum absolute atomic E-state index is 0.756. The van der Waals surface area contributed by atoms with E-state index in [1.807, 2.05) is 30.1 Å². The Bertz CT molecular complexity index is 470. The molecule has 0 saturated heterocycles. The van der Waals surface area contributed by atoms with Gasteiger partial charge in [0, 0.05) is 26.0 Å². The second kappa shape index (κ2) is 6.00. The molecule has 0 amide bonds. The van der Waals surface area contributed by atoms with Crippen LogP contribution in [0.4, 0.5) is 5.95 Å². The Morgan fingerprint density at radius 1 is 1.11 bits per heavy atom. The standard InChI is InChI=1S/C14H17N3O/c1-17(14-15-9-3-10-16-14)11-8-12-4-6-13(18-2)7-5-12/h3-7,9-10H,8,11H2,1-2H3. The topological polar surface area (TPSA) is 38.2 Å². The first kappa shape index (κ1) is 12.4. The van der Waals surface area contributed by atoms with E-state index in [-0.39, 0.29) is 0 Å². The molecule has 0 aliphatic heterocycles. The molecule has 0 aliphatic carbocycles. The van der Waals surface area contributed by atoms with Gasteiger partial charge in [-0.15, -0.1) is 0 Å². The monoisotopic (exact) mass is 243 g/mol. The highest BCUT2D eigenvalue weighted by atomic mass is 16.5. The Labute approximate surface area is 107 Å². The molecular weight excluding hydrogens is 226 g/mol. The molecule has 0 bridgehead atoms. The molecule has 0 atom stereocenters. The highest BCUT2D eigenvalue weighted by molar-refractivity contribution is 5.30. The van der Waals surface area contributed by atoms with E-state index in [0.29, 0.717) is 0 Å². The number of aromatic nitrogens is 2. The number of nitrogens with zero attached hydrogens (tertiary/aromatic N) is 3. The molecule has 18 heavy (non-hydrogen) atoms. The molecule has 1 heterocycles. The molecule has 1 aromatic carbocycles. The lowest BCUT2D eigenvalue weighted by molar-refractivity contribution is 0.414. The van der Waals surface area contributed by atoms with Gasteiger partial charge in [0.05, 0.1) is 7.11 Å². The van der Waals surface area contributed by atoms with Gasteiger partial charge in [-0.1, -0.05) is 12.1 Å². The fourth-order valence-corrected chi connectivity index (χ4v) is 1.68. The Morgan fingerprint density at radius 2 is 1.78 bits per heavy atom. The van der Waals surface area contributed by atoms with Gasteiger partial charge >= 0.3 is 0 Å². The van der Waals surface area contributed by atoms with Gasteiger partial charge in [0.1, 0.15) is 5.75 Å². The Kier molecular flexibility index (Phi) is 4.12. The van der Waals surface area contributed by atoms with Crippen molar-refractivity contribution in [2.75, 3.05) is 25.6 Å². The summed E-state index contributed by atoms with van der Waals surface area (Å²) >= 11 is 0. The van der Waals surface area contributed by atoms with Crippen LogP contribution in [0.25, 0.3) is 0 Å². The molecule has 0 N–H and O–H groups in total. The smallest absolute Gasteiger partial charge is 0.224 e. The summed E-state index contributed by atoms with van der Waals surface area (Å²) in [5.41, 5.74) is 1.28. The molecule has 0 saturated carbocycles. The van der Waals surface area contributed by atoms with Crippen LogP contribution in [-0.2, 0) is 6.42 Å². The van der Waals surface area contributed by atoms with Crippen molar-refractivity contribution in [3.05, 3.63) is 48.3 Å². The van der Waals surface area contributed by atoms with Crippen molar-refractivity contribution in [2.45, 2.75) is 6.42 Å². The fraction of sp³-hybridized carbons (Fsp3) is 0.286. The zero-order valence-corrected chi connectivity index (χ0v) is 10.7. The van der Waals surface area contributed by atoms with Crippen molar-refractivity contribution in [1.29, 1.82) is 0 Å². The van der Waals surface area contributed by atoms with E-state index in [1.54, 1.807) is 19.5 Å². The SMILES string of the molecule is COc1ccc(CCN(C)c2ncccn2)cc1. The van der Waals surface area contributed by atoms with Crippen LogP contribution in [0.2, 0.25) is 0 Å². The lowest BCUT2D eigenvalue weighted by atomic mass is 10.1. The number of likely N-dealkylation sites (N-methyl/N-ethyl adjacent to an activating group) is 1. The van der Waals surface area contributed by atoms with Crippen LogP contribution in [0.3, 0.4) is 0 Å². The number of hydrogen-bond donors (Lipinski definition) is 0. The molecule has 0 radical (unpaired) electrons. The molecule has 0 aliphatic rings. The number of benzene rings is 1. The predicted octanol–water partition coefficient (Wildman–Crippen LogP) is 2.16. The minimum Gasteiger partial charge on any atom is -0.497 e. The molecule has 4 nitrogen and oxygen atoms in total. The summed E-state index contributed by atoms with van der Waals surface area (Å²) in [5.74, 6) is 1.64. The summed E-state index contributed by atoms with van der Waals surface area (Å²) < 4.78 is 5.13. The van der Waals surface area contributed by atoms with Crippen molar-refractivity contribution in [2.24, 2.45) is 0 Å². The molecule has 0 fully saturated rings. The molecule has 2 rings (SSSR count). The molecule has 0 spiro atoms. The van der Waals surface area contributed by atoms with Crippen LogP contribution in [0, 0.1) is 0 Å². The van der Waals surface area contributed by atoms with Gasteiger partial charge in [0.2, 0.25) is 5.95 Å². The zero-order chi connectivity index (χ0) is 12.8. The van der Waals surface area contributed by atoms with E-state index in [2.05, 4.69) is 22.1 Å². The molecule has 0 unspecified atom stereocenters.